The molecule has 0 spiro atoms. The van der Waals surface area contributed by atoms with Gasteiger partial charge in [0, 0.05) is 56.1 Å². The zero-order chi connectivity index (χ0) is 32.7. The van der Waals surface area contributed by atoms with E-state index in [2.05, 4.69) is 26.3 Å². The van der Waals surface area contributed by atoms with Crippen molar-refractivity contribution >= 4 is 46.5 Å². The summed E-state index contributed by atoms with van der Waals surface area (Å²) < 4.78 is 20.1. The van der Waals surface area contributed by atoms with Gasteiger partial charge in [0.15, 0.2) is 5.82 Å². The van der Waals surface area contributed by atoms with Gasteiger partial charge in [-0.2, -0.15) is 0 Å². The monoisotopic (exact) mass is 661 g/mol. The van der Waals surface area contributed by atoms with Crippen LogP contribution in [-0.4, -0.2) is 96.5 Å². The molecule has 2 fully saturated rings. The number of carboxylic acid groups (broad SMARTS) is 1. The number of aromatic carboxylic acids is 1. The van der Waals surface area contributed by atoms with Crippen LogP contribution >= 0.6 is 11.6 Å². The van der Waals surface area contributed by atoms with E-state index >= 15 is 0 Å². The number of carbonyl (C=O) groups is 3. The number of nitrogens with zero attached hydrogens (tertiary/aromatic N) is 4. The van der Waals surface area contributed by atoms with Crippen LogP contribution in [-0.2, 0) is 25.6 Å². The first kappa shape index (κ1) is 31.1. The molecule has 2 saturated heterocycles. The molecule has 7 rings (SSSR count). The molecule has 47 heavy (non-hydrogen) atoms. The molecule has 11 nitrogen and oxygen atoms in total. The van der Waals surface area contributed by atoms with Gasteiger partial charge in [-0.05, 0) is 60.0 Å². The maximum atomic E-state index is 14.8. The van der Waals surface area contributed by atoms with Crippen LogP contribution in [0, 0.1) is 5.82 Å². The number of benzene rings is 3. The van der Waals surface area contributed by atoms with Crippen molar-refractivity contribution < 1.29 is 33.5 Å². The molecule has 0 bridgehead atoms. The van der Waals surface area contributed by atoms with Crippen LogP contribution in [0.5, 0.6) is 0 Å². The molecule has 4 aliphatic rings. The van der Waals surface area contributed by atoms with E-state index < -0.39 is 35.7 Å². The highest BCUT2D eigenvalue weighted by atomic mass is 35.5. The SMILES string of the molecule is O=C(O)c1ccc(NC(=O)[C@H]2c3cccc(N4CCN(C5COC5)CC4)c3CCN2C(=O)C2CC(c3cccc(Cl)c3F)=NO2)cc1. The van der Waals surface area contributed by atoms with Crippen molar-refractivity contribution in [3.8, 4) is 0 Å². The molecule has 2 atom stereocenters. The van der Waals surface area contributed by atoms with Crippen LogP contribution in [0.4, 0.5) is 15.8 Å². The Balaban J connectivity index is 1.16. The lowest BCUT2D eigenvalue weighted by molar-refractivity contribution is -0.148. The minimum absolute atomic E-state index is 0.0147. The van der Waals surface area contributed by atoms with Gasteiger partial charge in [0.1, 0.15) is 6.04 Å². The van der Waals surface area contributed by atoms with Gasteiger partial charge in [-0.1, -0.05) is 35.0 Å². The summed E-state index contributed by atoms with van der Waals surface area (Å²) in [5.74, 6) is -2.61. The van der Waals surface area contributed by atoms with Crippen LogP contribution in [0.15, 0.2) is 65.8 Å². The van der Waals surface area contributed by atoms with Crippen molar-refractivity contribution in [2.45, 2.75) is 31.0 Å². The lowest BCUT2D eigenvalue weighted by Crippen LogP contribution is -2.57. The highest BCUT2D eigenvalue weighted by Gasteiger charge is 2.42. The third-order valence-electron chi connectivity index (χ3n) is 9.33. The first-order chi connectivity index (χ1) is 22.8. The van der Waals surface area contributed by atoms with E-state index in [0.29, 0.717) is 23.7 Å². The molecule has 4 heterocycles. The molecule has 4 aliphatic heterocycles. The second-order valence-corrected chi connectivity index (χ2v) is 12.5. The fourth-order valence-corrected chi connectivity index (χ4v) is 6.89. The molecular formula is C34H33ClFN5O6. The highest BCUT2D eigenvalue weighted by molar-refractivity contribution is 6.31. The van der Waals surface area contributed by atoms with Crippen molar-refractivity contribution in [1.29, 1.82) is 0 Å². The van der Waals surface area contributed by atoms with Gasteiger partial charge in [0.05, 0.1) is 35.6 Å². The van der Waals surface area contributed by atoms with E-state index in [1.54, 1.807) is 6.07 Å². The Labute approximate surface area is 275 Å². The third kappa shape index (κ3) is 6.04. The first-order valence-electron chi connectivity index (χ1n) is 15.6. The first-order valence-corrected chi connectivity index (χ1v) is 16.0. The molecule has 2 amide bonds. The molecule has 2 N–H and O–H groups in total. The van der Waals surface area contributed by atoms with Gasteiger partial charge in [-0.25, -0.2) is 9.18 Å². The van der Waals surface area contributed by atoms with E-state index in [0.717, 1.165) is 50.6 Å². The largest absolute Gasteiger partial charge is 0.478 e. The van der Waals surface area contributed by atoms with Crippen LogP contribution in [0.2, 0.25) is 5.02 Å². The summed E-state index contributed by atoms with van der Waals surface area (Å²) in [6.07, 6.45) is -0.517. The summed E-state index contributed by atoms with van der Waals surface area (Å²) in [6.45, 7) is 5.27. The predicted octanol–water partition coefficient (Wildman–Crippen LogP) is 3.96. The molecule has 3 aromatic rings. The smallest absolute Gasteiger partial charge is 0.335 e. The normalized spacial score (nSPS) is 21.4. The molecule has 0 aromatic heterocycles. The van der Waals surface area contributed by atoms with Crippen LogP contribution < -0.4 is 10.2 Å². The molecule has 0 radical (unpaired) electrons. The minimum Gasteiger partial charge on any atom is -0.478 e. The van der Waals surface area contributed by atoms with Gasteiger partial charge in [0.25, 0.3) is 11.8 Å². The zero-order valence-electron chi connectivity index (χ0n) is 25.4. The van der Waals surface area contributed by atoms with Gasteiger partial charge in [0.2, 0.25) is 6.10 Å². The van der Waals surface area contributed by atoms with Crippen molar-refractivity contribution in [3.05, 3.63) is 93.8 Å². The van der Waals surface area contributed by atoms with E-state index in [9.17, 15) is 23.9 Å². The number of amides is 2. The number of anilines is 2. The zero-order valence-corrected chi connectivity index (χ0v) is 26.2. The summed E-state index contributed by atoms with van der Waals surface area (Å²) in [6, 6.07) is 15.7. The number of fused-ring (bicyclic) bond motifs is 1. The van der Waals surface area contributed by atoms with Crippen LogP contribution in [0.25, 0.3) is 0 Å². The average molecular weight is 662 g/mol. The number of piperazine rings is 1. The van der Waals surface area contributed by atoms with Gasteiger partial charge >= 0.3 is 5.97 Å². The van der Waals surface area contributed by atoms with Gasteiger partial charge in [-0.15, -0.1) is 0 Å². The number of hydrogen-bond acceptors (Lipinski definition) is 8. The fraction of sp³-hybridized carbons (Fsp3) is 0.353. The molecule has 1 unspecified atom stereocenters. The number of carbonyl (C=O) groups excluding carboxylic acids is 2. The van der Waals surface area contributed by atoms with Crippen molar-refractivity contribution in [2.75, 3.05) is 56.2 Å². The number of ether oxygens (including phenoxy) is 1. The molecule has 244 valence electrons. The molecule has 3 aromatic carbocycles. The van der Waals surface area contributed by atoms with E-state index in [-0.39, 0.29) is 34.8 Å². The van der Waals surface area contributed by atoms with Crippen molar-refractivity contribution in [1.82, 2.24) is 9.80 Å². The Kier molecular flexibility index (Phi) is 8.56. The summed E-state index contributed by atoms with van der Waals surface area (Å²) in [5, 5.41) is 16.1. The van der Waals surface area contributed by atoms with E-state index in [4.69, 9.17) is 21.2 Å². The molecule has 0 aliphatic carbocycles. The van der Waals surface area contributed by atoms with E-state index in [1.807, 2.05) is 12.1 Å². The maximum Gasteiger partial charge on any atom is 0.335 e. The number of rotatable bonds is 7. The number of carboxylic acids is 1. The Hall–Kier alpha value is -4.52. The third-order valence-corrected chi connectivity index (χ3v) is 9.62. The minimum atomic E-state index is -1.08. The van der Waals surface area contributed by atoms with Gasteiger partial charge in [-0.3, -0.25) is 14.5 Å². The molecular weight excluding hydrogens is 629 g/mol. The Morgan fingerprint density at radius 3 is 2.40 bits per heavy atom. The molecule has 0 saturated carbocycles. The second kappa shape index (κ2) is 12.9. The lowest BCUT2D eigenvalue weighted by Gasteiger charge is -2.44. The maximum absolute atomic E-state index is 14.8. The number of oxime groups is 1. The summed E-state index contributed by atoms with van der Waals surface area (Å²) in [4.78, 5) is 51.4. The summed E-state index contributed by atoms with van der Waals surface area (Å²) in [7, 11) is 0. The van der Waals surface area contributed by atoms with Gasteiger partial charge < -0.3 is 29.8 Å². The quantitative estimate of drug-likeness (QED) is 0.390. The highest BCUT2D eigenvalue weighted by Crippen LogP contribution is 2.38. The fourth-order valence-electron chi connectivity index (χ4n) is 6.72. The van der Waals surface area contributed by atoms with E-state index in [1.165, 1.54) is 41.3 Å². The van der Waals surface area contributed by atoms with Crippen LogP contribution in [0.3, 0.4) is 0 Å². The Morgan fingerprint density at radius 2 is 1.70 bits per heavy atom. The Morgan fingerprint density at radius 1 is 0.957 bits per heavy atom. The topological polar surface area (TPSA) is 124 Å². The summed E-state index contributed by atoms with van der Waals surface area (Å²) >= 11 is 5.97. The molecule has 13 heteroatoms. The standard InChI is InChI=1S/C34H33ClFN5O6/c35-26-5-1-4-25(30(26)36)27-17-29(47-38-27)33(43)41-12-11-23-24(31(41)32(42)37-21-9-7-20(8-10-21)34(44)45)3-2-6-28(23)40-15-13-39(14-16-40)22-18-46-19-22/h1-10,22,29,31H,11-19H2,(H,37,42)(H,44,45)/t29?,31-/m1/s1. The lowest BCUT2D eigenvalue weighted by atomic mass is 9.89. The van der Waals surface area contributed by atoms with Crippen molar-refractivity contribution in [3.63, 3.8) is 0 Å². The summed E-state index contributed by atoms with van der Waals surface area (Å²) in [5.41, 5.74) is 3.65. The average Bonchev–Trinajstić information content (AvgIpc) is 3.55. The second-order valence-electron chi connectivity index (χ2n) is 12.1. The number of hydrogen-bond donors (Lipinski definition) is 2. The van der Waals surface area contributed by atoms with Crippen molar-refractivity contribution in [2.24, 2.45) is 5.16 Å². The number of halogens is 2. The predicted molar refractivity (Wildman–Crippen MR) is 172 cm³/mol. The Bertz CT molecular complexity index is 1740. The number of nitrogens with one attached hydrogen (secondary N) is 1. The van der Waals surface area contributed by atoms with Crippen LogP contribution in [0.1, 0.15) is 39.5 Å².